The van der Waals surface area contributed by atoms with Crippen LogP contribution in [0.15, 0.2) is 24.3 Å². The molecule has 0 spiro atoms. The number of rotatable bonds is 3. The lowest BCUT2D eigenvalue weighted by Crippen LogP contribution is -2.46. The Morgan fingerprint density at radius 3 is 2.29 bits per heavy atom. The molecule has 0 aromatic heterocycles. The van der Waals surface area contributed by atoms with E-state index in [1.54, 1.807) is 29.2 Å². The zero-order valence-corrected chi connectivity index (χ0v) is 12.0. The molecule has 21 heavy (non-hydrogen) atoms. The van der Waals surface area contributed by atoms with Gasteiger partial charge in [0.05, 0.1) is 17.0 Å². The molecular weight excluding hydrogens is 268 g/mol. The number of aliphatic carboxylic acids is 1. The van der Waals surface area contributed by atoms with E-state index in [2.05, 4.69) is 0 Å². The van der Waals surface area contributed by atoms with E-state index in [9.17, 15) is 14.7 Å². The van der Waals surface area contributed by atoms with Crippen LogP contribution >= 0.6 is 0 Å². The molecule has 5 heteroatoms. The SMILES string of the molecule is CCC1(C(=O)O)CCN(C(=O)c2ccc(C#N)cc2)CC1. The molecule has 0 saturated carbocycles. The Kier molecular flexibility index (Phi) is 4.27. The third kappa shape index (κ3) is 2.89. The molecule has 0 atom stereocenters. The zero-order valence-electron chi connectivity index (χ0n) is 12.0. The summed E-state index contributed by atoms with van der Waals surface area (Å²) in [5.41, 5.74) is 0.357. The fourth-order valence-corrected chi connectivity index (χ4v) is 2.73. The highest BCUT2D eigenvalue weighted by atomic mass is 16.4. The molecule has 1 fully saturated rings. The standard InChI is InChI=1S/C16H18N2O3/c1-2-16(15(20)21)7-9-18(10-8-16)14(19)13-5-3-12(11-17)4-6-13/h3-6H,2,7-10H2,1H3,(H,20,21). The van der Waals surface area contributed by atoms with Gasteiger partial charge in [0.15, 0.2) is 0 Å². The number of hydrogen-bond acceptors (Lipinski definition) is 3. The maximum Gasteiger partial charge on any atom is 0.309 e. The van der Waals surface area contributed by atoms with Crippen LogP contribution in [0.5, 0.6) is 0 Å². The van der Waals surface area contributed by atoms with Crippen LogP contribution in [0, 0.1) is 16.7 Å². The predicted octanol–water partition coefficient (Wildman–Crippen LogP) is 2.28. The Morgan fingerprint density at radius 1 is 1.29 bits per heavy atom. The molecule has 110 valence electrons. The largest absolute Gasteiger partial charge is 0.481 e. The van der Waals surface area contributed by atoms with Crippen molar-refractivity contribution in [3.63, 3.8) is 0 Å². The highest BCUT2D eigenvalue weighted by Gasteiger charge is 2.40. The van der Waals surface area contributed by atoms with Crippen LogP contribution in [0.4, 0.5) is 0 Å². The van der Waals surface area contributed by atoms with E-state index in [0.717, 1.165) is 0 Å². The Bertz CT molecular complexity index is 579. The minimum absolute atomic E-state index is 0.102. The second kappa shape index (κ2) is 5.96. The summed E-state index contributed by atoms with van der Waals surface area (Å²) in [6.07, 6.45) is 1.56. The van der Waals surface area contributed by atoms with Gasteiger partial charge in [-0.15, -0.1) is 0 Å². The van der Waals surface area contributed by atoms with Crippen LogP contribution in [0.2, 0.25) is 0 Å². The van der Waals surface area contributed by atoms with Crippen LogP contribution in [0.25, 0.3) is 0 Å². The lowest BCUT2D eigenvalue weighted by atomic mass is 9.76. The fraction of sp³-hybridized carbons (Fsp3) is 0.438. The first-order chi connectivity index (χ1) is 10.0. The van der Waals surface area contributed by atoms with E-state index >= 15 is 0 Å². The van der Waals surface area contributed by atoms with Crippen molar-refractivity contribution in [1.29, 1.82) is 5.26 Å². The van der Waals surface area contributed by atoms with E-state index in [-0.39, 0.29) is 5.91 Å². The summed E-state index contributed by atoms with van der Waals surface area (Å²) in [6, 6.07) is 8.52. The van der Waals surface area contributed by atoms with Gasteiger partial charge in [0.2, 0.25) is 0 Å². The van der Waals surface area contributed by atoms with Gasteiger partial charge >= 0.3 is 5.97 Å². The topological polar surface area (TPSA) is 81.4 Å². The van der Waals surface area contributed by atoms with E-state index in [1.165, 1.54) is 0 Å². The van der Waals surface area contributed by atoms with Gasteiger partial charge in [0.25, 0.3) is 5.91 Å². The summed E-state index contributed by atoms with van der Waals surface area (Å²) in [4.78, 5) is 25.4. The molecule has 0 bridgehead atoms. The molecule has 2 rings (SSSR count). The Labute approximate surface area is 123 Å². The second-order valence-electron chi connectivity index (χ2n) is 5.42. The minimum atomic E-state index is -0.768. The summed E-state index contributed by atoms with van der Waals surface area (Å²) in [5.74, 6) is -0.870. The summed E-state index contributed by atoms with van der Waals surface area (Å²) in [7, 11) is 0. The number of amides is 1. The zero-order chi connectivity index (χ0) is 15.5. The maximum atomic E-state index is 12.4. The van der Waals surface area contributed by atoms with Crippen molar-refractivity contribution in [1.82, 2.24) is 4.90 Å². The second-order valence-corrected chi connectivity index (χ2v) is 5.42. The Balaban J connectivity index is 2.06. The fourth-order valence-electron chi connectivity index (χ4n) is 2.73. The molecule has 1 saturated heterocycles. The molecule has 0 radical (unpaired) electrons. The predicted molar refractivity (Wildman–Crippen MR) is 76.7 cm³/mol. The van der Waals surface area contributed by atoms with Gasteiger partial charge in [-0.3, -0.25) is 9.59 Å². The molecule has 1 aromatic rings. The van der Waals surface area contributed by atoms with Gasteiger partial charge in [-0.05, 0) is 43.5 Å². The van der Waals surface area contributed by atoms with Gasteiger partial charge in [-0.25, -0.2) is 0 Å². The first-order valence-corrected chi connectivity index (χ1v) is 7.05. The lowest BCUT2D eigenvalue weighted by molar-refractivity contribution is -0.152. The number of hydrogen-bond donors (Lipinski definition) is 1. The molecule has 1 N–H and O–H groups in total. The third-order valence-electron chi connectivity index (χ3n) is 4.40. The van der Waals surface area contributed by atoms with Crippen LogP contribution in [-0.4, -0.2) is 35.0 Å². The van der Waals surface area contributed by atoms with Crippen LogP contribution in [-0.2, 0) is 4.79 Å². The molecule has 1 aromatic carbocycles. The first-order valence-electron chi connectivity index (χ1n) is 7.05. The summed E-state index contributed by atoms with van der Waals surface area (Å²) < 4.78 is 0. The molecule has 1 aliphatic rings. The van der Waals surface area contributed by atoms with Gasteiger partial charge in [0, 0.05) is 18.7 Å². The molecule has 1 aliphatic heterocycles. The molecule has 1 amide bonds. The number of carboxylic acids is 1. The van der Waals surface area contributed by atoms with Crippen molar-refractivity contribution in [2.24, 2.45) is 5.41 Å². The number of benzene rings is 1. The minimum Gasteiger partial charge on any atom is -0.481 e. The Morgan fingerprint density at radius 2 is 1.86 bits per heavy atom. The quantitative estimate of drug-likeness (QED) is 0.924. The van der Waals surface area contributed by atoms with Gasteiger partial charge in [-0.2, -0.15) is 5.26 Å². The number of carbonyl (C=O) groups excluding carboxylic acids is 1. The maximum absolute atomic E-state index is 12.4. The van der Waals surface area contributed by atoms with E-state index in [1.807, 2.05) is 13.0 Å². The normalized spacial score (nSPS) is 17.0. The van der Waals surface area contributed by atoms with Crippen molar-refractivity contribution in [2.75, 3.05) is 13.1 Å². The lowest BCUT2D eigenvalue weighted by Gasteiger charge is -2.38. The number of nitrogens with zero attached hydrogens (tertiary/aromatic N) is 2. The smallest absolute Gasteiger partial charge is 0.309 e. The van der Waals surface area contributed by atoms with Gasteiger partial charge in [0.1, 0.15) is 0 Å². The van der Waals surface area contributed by atoms with Crippen molar-refractivity contribution in [2.45, 2.75) is 26.2 Å². The van der Waals surface area contributed by atoms with Crippen molar-refractivity contribution >= 4 is 11.9 Å². The van der Waals surface area contributed by atoms with E-state index in [0.29, 0.717) is 43.5 Å². The van der Waals surface area contributed by atoms with E-state index < -0.39 is 11.4 Å². The number of nitriles is 1. The van der Waals surface area contributed by atoms with Crippen molar-refractivity contribution in [3.8, 4) is 6.07 Å². The molecule has 0 unspecified atom stereocenters. The molecule has 5 nitrogen and oxygen atoms in total. The number of piperidine rings is 1. The van der Waals surface area contributed by atoms with Crippen molar-refractivity contribution < 1.29 is 14.7 Å². The summed E-state index contributed by atoms with van der Waals surface area (Å²) in [5, 5.41) is 18.1. The van der Waals surface area contributed by atoms with Crippen LogP contribution in [0.3, 0.4) is 0 Å². The third-order valence-corrected chi connectivity index (χ3v) is 4.40. The number of carbonyl (C=O) groups is 2. The van der Waals surface area contributed by atoms with E-state index in [4.69, 9.17) is 5.26 Å². The van der Waals surface area contributed by atoms with Gasteiger partial charge < -0.3 is 10.0 Å². The molecule has 1 heterocycles. The summed E-state index contributed by atoms with van der Waals surface area (Å²) in [6.45, 7) is 2.80. The number of likely N-dealkylation sites (tertiary alicyclic amines) is 1. The first kappa shape index (κ1) is 15.0. The van der Waals surface area contributed by atoms with Crippen LogP contribution in [0.1, 0.15) is 42.1 Å². The highest BCUT2D eigenvalue weighted by molar-refractivity contribution is 5.94. The number of carboxylic acid groups (broad SMARTS) is 1. The molecular formula is C16H18N2O3. The average molecular weight is 286 g/mol. The summed E-state index contributed by atoms with van der Waals surface area (Å²) >= 11 is 0. The van der Waals surface area contributed by atoms with Crippen LogP contribution < -0.4 is 0 Å². The highest BCUT2D eigenvalue weighted by Crippen LogP contribution is 2.35. The van der Waals surface area contributed by atoms with Crippen molar-refractivity contribution in [3.05, 3.63) is 35.4 Å². The monoisotopic (exact) mass is 286 g/mol. The van der Waals surface area contributed by atoms with Gasteiger partial charge in [-0.1, -0.05) is 6.92 Å². The Hall–Kier alpha value is -2.35. The molecule has 0 aliphatic carbocycles. The average Bonchev–Trinajstić information content (AvgIpc) is 2.54.